The third kappa shape index (κ3) is 5.45. The van der Waals surface area contributed by atoms with Gasteiger partial charge in [0.2, 0.25) is 0 Å². The van der Waals surface area contributed by atoms with E-state index in [1.54, 1.807) is 24.3 Å². The first-order valence-corrected chi connectivity index (χ1v) is 7.27. The van der Waals surface area contributed by atoms with Gasteiger partial charge in [0, 0.05) is 5.69 Å². The molecule has 0 saturated heterocycles. The first kappa shape index (κ1) is 17.0. The monoisotopic (exact) mass is 293 g/mol. The van der Waals surface area contributed by atoms with Gasteiger partial charge in [-0.25, -0.2) is 0 Å². The fraction of sp³-hybridized carbons (Fsp3) is 0.500. The highest BCUT2D eigenvalue weighted by atomic mass is 16.5. The summed E-state index contributed by atoms with van der Waals surface area (Å²) in [5, 5.41) is 9.03. The summed E-state index contributed by atoms with van der Waals surface area (Å²) in [4.78, 5) is 23.1. The van der Waals surface area contributed by atoms with Gasteiger partial charge >= 0.3 is 11.9 Å². The van der Waals surface area contributed by atoms with E-state index < -0.39 is 11.9 Å². The summed E-state index contributed by atoms with van der Waals surface area (Å²) >= 11 is 0. The number of rotatable bonds is 8. The summed E-state index contributed by atoms with van der Waals surface area (Å²) in [7, 11) is 0. The van der Waals surface area contributed by atoms with E-state index in [2.05, 4.69) is 0 Å². The van der Waals surface area contributed by atoms with E-state index in [9.17, 15) is 9.59 Å². The molecule has 116 valence electrons. The fourth-order valence-corrected chi connectivity index (χ4v) is 2.13. The minimum atomic E-state index is -0.806. The normalized spacial score (nSPS) is 13.4. The van der Waals surface area contributed by atoms with Gasteiger partial charge in [0.1, 0.15) is 5.75 Å². The SMILES string of the molecule is CCC(CCC(CC)C(=O)Oc1ccc(N)cc1)C(=O)O. The molecule has 1 aromatic carbocycles. The Morgan fingerprint density at radius 3 is 2.10 bits per heavy atom. The summed E-state index contributed by atoms with van der Waals surface area (Å²) in [5.74, 6) is -1.35. The second-order valence-corrected chi connectivity index (χ2v) is 5.12. The Morgan fingerprint density at radius 2 is 1.62 bits per heavy atom. The highest BCUT2D eigenvalue weighted by Gasteiger charge is 2.22. The van der Waals surface area contributed by atoms with Crippen molar-refractivity contribution in [2.24, 2.45) is 11.8 Å². The van der Waals surface area contributed by atoms with Crippen molar-refractivity contribution in [3.63, 3.8) is 0 Å². The van der Waals surface area contributed by atoms with Crippen molar-refractivity contribution in [2.45, 2.75) is 39.5 Å². The molecule has 5 nitrogen and oxygen atoms in total. The molecular weight excluding hydrogens is 270 g/mol. The van der Waals surface area contributed by atoms with Crippen LogP contribution in [0.2, 0.25) is 0 Å². The summed E-state index contributed by atoms with van der Waals surface area (Å²) in [6.07, 6.45) is 2.21. The number of hydrogen-bond acceptors (Lipinski definition) is 4. The summed E-state index contributed by atoms with van der Waals surface area (Å²) in [6.45, 7) is 3.74. The topological polar surface area (TPSA) is 89.6 Å². The number of ether oxygens (including phenoxy) is 1. The number of hydrogen-bond donors (Lipinski definition) is 2. The highest BCUT2D eigenvalue weighted by Crippen LogP contribution is 2.21. The van der Waals surface area contributed by atoms with Crippen molar-refractivity contribution >= 4 is 17.6 Å². The van der Waals surface area contributed by atoms with E-state index in [4.69, 9.17) is 15.6 Å². The molecule has 0 bridgehead atoms. The number of nitrogens with two attached hydrogens (primary N) is 1. The molecule has 0 aliphatic heterocycles. The van der Waals surface area contributed by atoms with E-state index in [1.165, 1.54) is 0 Å². The van der Waals surface area contributed by atoms with Crippen LogP contribution in [0.5, 0.6) is 5.75 Å². The van der Waals surface area contributed by atoms with E-state index >= 15 is 0 Å². The molecule has 0 aliphatic carbocycles. The standard InChI is InChI=1S/C16H23NO4/c1-3-11(15(18)19)5-6-12(4-2)16(20)21-14-9-7-13(17)8-10-14/h7-12H,3-6,17H2,1-2H3,(H,18,19). The Hall–Kier alpha value is -2.04. The first-order valence-electron chi connectivity index (χ1n) is 7.27. The maximum absolute atomic E-state index is 12.1. The van der Waals surface area contributed by atoms with Crippen LogP contribution in [0, 0.1) is 11.8 Å². The van der Waals surface area contributed by atoms with Crippen LogP contribution < -0.4 is 10.5 Å². The zero-order chi connectivity index (χ0) is 15.8. The lowest BCUT2D eigenvalue weighted by molar-refractivity contribution is -0.144. The van der Waals surface area contributed by atoms with E-state index in [-0.39, 0.29) is 11.9 Å². The molecular formula is C16H23NO4. The Morgan fingerprint density at radius 1 is 1.10 bits per heavy atom. The van der Waals surface area contributed by atoms with Crippen LogP contribution in [0.15, 0.2) is 24.3 Å². The summed E-state index contributed by atoms with van der Waals surface area (Å²) < 4.78 is 5.31. The Kier molecular flexibility index (Phi) is 6.72. The average Bonchev–Trinajstić information content (AvgIpc) is 2.45. The van der Waals surface area contributed by atoms with Gasteiger partial charge in [-0.15, -0.1) is 0 Å². The fourth-order valence-electron chi connectivity index (χ4n) is 2.13. The predicted octanol–water partition coefficient (Wildman–Crippen LogP) is 3.09. The van der Waals surface area contributed by atoms with Gasteiger partial charge in [-0.05, 0) is 49.9 Å². The number of carbonyl (C=O) groups excluding carboxylic acids is 1. The summed E-state index contributed by atoms with van der Waals surface area (Å²) in [6, 6.07) is 6.63. The maximum Gasteiger partial charge on any atom is 0.314 e. The molecule has 0 heterocycles. The van der Waals surface area contributed by atoms with Crippen molar-refractivity contribution in [1.29, 1.82) is 0 Å². The van der Waals surface area contributed by atoms with Crippen molar-refractivity contribution in [1.82, 2.24) is 0 Å². The van der Waals surface area contributed by atoms with E-state index in [0.717, 1.165) is 0 Å². The lowest BCUT2D eigenvalue weighted by Crippen LogP contribution is -2.22. The number of nitrogen functional groups attached to an aromatic ring is 1. The van der Waals surface area contributed by atoms with E-state index in [1.807, 2.05) is 13.8 Å². The van der Waals surface area contributed by atoms with Gasteiger partial charge in [-0.2, -0.15) is 0 Å². The number of carbonyl (C=O) groups is 2. The molecule has 2 atom stereocenters. The van der Waals surface area contributed by atoms with Crippen molar-refractivity contribution < 1.29 is 19.4 Å². The number of esters is 1. The largest absolute Gasteiger partial charge is 0.481 e. The molecule has 1 rings (SSSR count). The van der Waals surface area contributed by atoms with Crippen molar-refractivity contribution in [3.05, 3.63) is 24.3 Å². The molecule has 3 N–H and O–H groups in total. The van der Waals surface area contributed by atoms with Gasteiger partial charge in [-0.3, -0.25) is 9.59 Å². The van der Waals surface area contributed by atoms with Crippen molar-refractivity contribution in [2.75, 3.05) is 5.73 Å². The summed E-state index contributed by atoms with van der Waals surface area (Å²) in [5.41, 5.74) is 6.18. The molecule has 0 spiro atoms. The lowest BCUT2D eigenvalue weighted by atomic mass is 9.92. The molecule has 0 radical (unpaired) electrons. The highest BCUT2D eigenvalue weighted by molar-refractivity contribution is 5.75. The van der Waals surface area contributed by atoms with Crippen LogP contribution in [-0.2, 0) is 9.59 Å². The third-order valence-electron chi connectivity index (χ3n) is 3.63. The Bertz CT molecular complexity index is 470. The zero-order valence-electron chi connectivity index (χ0n) is 12.5. The Labute approximate surface area is 125 Å². The molecule has 0 amide bonds. The van der Waals surface area contributed by atoms with Crippen LogP contribution in [0.4, 0.5) is 5.69 Å². The molecule has 21 heavy (non-hydrogen) atoms. The number of carboxylic acid groups (broad SMARTS) is 1. The van der Waals surface area contributed by atoms with Crippen molar-refractivity contribution in [3.8, 4) is 5.75 Å². The van der Waals surface area contributed by atoms with E-state index in [0.29, 0.717) is 37.1 Å². The minimum absolute atomic E-state index is 0.282. The van der Waals surface area contributed by atoms with Crippen LogP contribution in [0.25, 0.3) is 0 Å². The second kappa shape index (κ2) is 8.29. The molecule has 0 fully saturated rings. The number of aliphatic carboxylic acids is 1. The number of benzene rings is 1. The number of carboxylic acids is 1. The first-order chi connectivity index (χ1) is 9.97. The van der Waals surface area contributed by atoms with Crippen LogP contribution >= 0.6 is 0 Å². The lowest BCUT2D eigenvalue weighted by Gasteiger charge is -2.16. The smallest absolute Gasteiger partial charge is 0.314 e. The molecule has 0 aromatic heterocycles. The molecule has 5 heteroatoms. The maximum atomic E-state index is 12.1. The molecule has 2 unspecified atom stereocenters. The quantitative estimate of drug-likeness (QED) is 0.437. The third-order valence-corrected chi connectivity index (χ3v) is 3.63. The van der Waals surface area contributed by atoms with Gasteiger partial charge in [0.15, 0.2) is 0 Å². The predicted molar refractivity (Wildman–Crippen MR) is 80.9 cm³/mol. The van der Waals surface area contributed by atoms with Gasteiger partial charge < -0.3 is 15.6 Å². The number of anilines is 1. The van der Waals surface area contributed by atoms with Crippen LogP contribution in [0.3, 0.4) is 0 Å². The van der Waals surface area contributed by atoms with Gasteiger partial charge in [0.25, 0.3) is 0 Å². The van der Waals surface area contributed by atoms with Crippen LogP contribution in [0.1, 0.15) is 39.5 Å². The minimum Gasteiger partial charge on any atom is -0.481 e. The molecule has 1 aromatic rings. The van der Waals surface area contributed by atoms with Gasteiger partial charge in [0.05, 0.1) is 11.8 Å². The average molecular weight is 293 g/mol. The molecule has 0 saturated carbocycles. The Balaban J connectivity index is 2.56. The zero-order valence-corrected chi connectivity index (χ0v) is 12.5. The van der Waals surface area contributed by atoms with Gasteiger partial charge in [-0.1, -0.05) is 13.8 Å². The van der Waals surface area contributed by atoms with Crippen LogP contribution in [-0.4, -0.2) is 17.0 Å². The second-order valence-electron chi connectivity index (χ2n) is 5.12. The molecule has 0 aliphatic rings.